The number of nitrogens with zero attached hydrogens (tertiary/aromatic N) is 4. The SMILES string of the molecule is CC(=O)c1ccc(N2CCN(C(=O)Cn3c(=O)oc4cc([N+](=O)[O-])ccc43)CC2)c(F)c1. The molecule has 2 aromatic carbocycles. The van der Waals surface area contributed by atoms with E-state index in [2.05, 4.69) is 0 Å². The summed E-state index contributed by atoms with van der Waals surface area (Å²) in [5, 5.41) is 10.9. The number of aromatic nitrogens is 1. The van der Waals surface area contributed by atoms with Gasteiger partial charge in [0.15, 0.2) is 11.4 Å². The minimum atomic E-state index is -0.778. The van der Waals surface area contributed by atoms with E-state index in [4.69, 9.17) is 4.42 Å². The number of carbonyl (C=O) groups excluding carboxylic acids is 2. The van der Waals surface area contributed by atoms with Crippen LogP contribution in [0.15, 0.2) is 45.6 Å². The summed E-state index contributed by atoms with van der Waals surface area (Å²) in [6.45, 7) is 2.51. The maximum atomic E-state index is 14.4. The molecule has 2 heterocycles. The highest BCUT2D eigenvalue weighted by atomic mass is 19.1. The molecule has 1 saturated heterocycles. The molecule has 10 nitrogen and oxygen atoms in total. The van der Waals surface area contributed by atoms with Crippen molar-refractivity contribution in [3.63, 3.8) is 0 Å². The third-order valence-electron chi connectivity index (χ3n) is 5.48. The molecular weight excluding hydrogens is 423 g/mol. The summed E-state index contributed by atoms with van der Waals surface area (Å²) in [6.07, 6.45) is 0. The third kappa shape index (κ3) is 3.96. The molecule has 0 radical (unpaired) electrons. The van der Waals surface area contributed by atoms with Gasteiger partial charge in [0.25, 0.3) is 5.69 Å². The number of benzene rings is 2. The quantitative estimate of drug-likeness (QED) is 0.338. The Morgan fingerprint density at radius 3 is 2.47 bits per heavy atom. The minimum absolute atomic E-state index is 0.0336. The number of anilines is 1. The molecule has 32 heavy (non-hydrogen) atoms. The number of hydrogen-bond acceptors (Lipinski definition) is 7. The van der Waals surface area contributed by atoms with E-state index in [1.165, 1.54) is 25.1 Å². The van der Waals surface area contributed by atoms with Gasteiger partial charge in [0.05, 0.1) is 22.2 Å². The van der Waals surface area contributed by atoms with E-state index in [1.54, 1.807) is 21.9 Å². The van der Waals surface area contributed by atoms with Crippen molar-refractivity contribution in [1.82, 2.24) is 9.47 Å². The minimum Gasteiger partial charge on any atom is -0.407 e. The number of amides is 1. The number of nitro benzene ring substituents is 1. The summed E-state index contributed by atoms with van der Waals surface area (Å²) in [5.41, 5.74) is 0.764. The number of oxazole rings is 1. The first-order valence-corrected chi connectivity index (χ1v) is 9.85. The first kappa shape index (κ1) is 21.2. The van der Waals surface area contributed by atoms with Crippen LogP contribution >= 0.6 is 0 Å². The third-order valence-corrected chi connectivity index (χ3v) is 5.48. The Kier molecular flexibility index (Phi) is 5.47. The summed E-state index contributed by atoms with van der Waals surface area (Å²) in [7, 11) is 0. The summed E-state index contributed by atoms with van der Waals surface area (Å²) in [6, 6.07) is 8.08. The Morgan fingerprint density at radius 1 is 1.12 bits per heavy atom. The molecule has 1 aromatic heterocycles. The van der Waals surface area contributed by atoms with Gasteiger partial charge in [0, 0.05) is 37.8 Å². The van der Waals surface area contributed by atoms with E-state index in [9.17, 15) is 28.9 Å². The van der Waals surface area contributed by atoms with E-state index in [0.29, 0.717) is 42.9 Å². The molecule has 166 valence electrons. The maximum absolute atomic E-state index is 14.4. The topological polar surface area (TPSA) is 119 Å². The molecule has 1 fully saturated rings. The fourth-order valence-electron chi connectivity index (χ4n) is 3.73. The van der Waals surface area contributed by atoms with Crippen LogP contribution in [0.25, 0.3) is 11.1 Å². The van der Waals surface area contributed by atoms with E-state index in [1.807, 2.05) is 0 Å². The van der Waals surface area contributed by atoms with E-state index < -0.39 is 16.5 Å². The number of carbonyl (C=O) groups is 2. The number of nitro groups is 1. The molecule has 0 bridgehead atoms. The Balaban J connectivity index is 1.44. The largest absolute Gasteiger partial charge is 0.420 e. The molecular formula is C21H19FN4O6. The lowest BCUT2D eigenvalue weighted by atomic mass is 10.1. The van der Waals surface area contributed by atoms with Crippen LogP contribution in [0.4, 0.5) is 15.8 Å². The van der Waals surface area contributed by atoms with Crippen molar-refractivity contribution < 1.29 is 23.3 Å². The lowest BCUT2D eigenvalue weighted by Crippen LogP contribution is -2.50. The van der Waals surface area contributed by atoms with E-state index in [0.717, 1.165) is 10.6 Å². The standard InChI is InChI=1S/C21H19FN4O6/c1-13(27)14-2-4-17(16(22)10-14)23-6-8-24(9-7-23)20(28)12-25-18-5-3-15(26(30)31)11-19(18)32-21(25)29/h2-5,10-11H,6-9,12H2,1H3. The number of fused-ring (bicyclic) bond motifs is 1. The van der Waals surface area contributed by atoms with Gasteiger partial charge in [0.2, 0.25) is 5.91 Å². The summed E-state index contributed by atoms with van der Waals surface area (Å²) >= 11 is 0. The zero-order chi connectivity index (χ0) is 23.0. The lowest BCUT2D eigenvalue weighted by molar-refractivity contribution is -0.384. The van der Waals surface area contributed by atoms with Crippen molar-refractivity contribution >= 4 is 34.2 Å². The van der Waals surface area contributed by atoms with Gasteiger partial charge < -0.3 is 14.2 Å². The maximum Gasteiger partial charge on any atom is 0.420 e. The van der Waals surface area contributed by atoms with Crippen molar-refractivity contribution in [3.8, 4) is 0 Å². The predicted octanol–water partition coefficient (Wildman–Crippen LogP) is 2.19. The number of halogens is 1. The van der Waals surface area contributed by atoms with E-state index >= 15 is 0 Å². The Bertz CT molecular complexity index is 1290. The van der Waals surface area contributed by atoms with Crippen molar-refractivity contribution in [1.29, 1.82) is 0 Å². The summed E-state index contributed by atoms with van der Waals surface area (Å²) in [5.74, 6) is -1.81. The van der Waals surface area contributed by atoms with Gasteiger partial charge in [0.1, 0.15) is 12.4 Å². The molecule has 11 heteroatoms. The van der Waals surface area contributed by atoms with Gasteiger partial charge in [-0.05, 0) is 31.2 Å². The second-order valence-corrected chi connectivity index (χ2v) is 7.45. The Labute approximate surface area is 180 Å². The van der Waals surface area contributed by atoms with Gasteiger partial charge in [-0.25, -0.2) is 9.18 Å². The molecule has 1 amide bonds. The van der Waals surface area contributed by atoms with Crippen molar-refractivity contribution in [2.24, 2.45) is 0 Å². The summed E-state index contributed by atoms with van der Waals surface area (Å²) < 4.78 is 20.6. The molecule has 3 aromatic rings. The number of hydrogen-bond donors (Lipinski definition) is 0. The number of piperazine rings is 1. The number of non-ortho nitro benzene ring substituents is 1. The first-order valence-electron chi connectivity index (χ1n) is 9.85. The second-order valence-electron chi connectivity index (χ2n) is 7.45. The van der Waals surface area contributed by atoms with Gasteiger partial charge in [-0.3, -0.25) is 24.3 Å². The van der Waals surface area contributed by atoms with Crippen LogP contribution in [0.2, 0.25) is 0 Å². The zero-order valence-electron chi connectivity index (χ0n) is 17.1. The van der Waals surface area contributed by atoms with Gasteiger partial charge in [-0.2, -0.15) is 0 Å². The van der Waals surface area contributed by atoms with Crippen molar-refractivity contribution in [3.05, 3.63) is 68.4 Å². The van der Waals surface area contributed by atoms with Crippen LogP contribution in [-0.4, -0.2) is 52.3 Å². The molecule has 1 aliphatic rings. The monoisotopic (exact) mass is 442 g/mol. The molecule has 0 aliphatic carbocycles. The molecule has 0 atom stereocenters. The van der Waals surface area contributed by atoms with Crippen molar-refractivity contribution in [2.75, 3.05) is 31.1 Å². The molecule has 0 saturated carbocycles. The van der Waals surface area contributed by atoms with Gasteiger partial charge >= 0.3 is 5.76 Å². The van der Waals surface area contributed by atoms with Gasteiger partial charge in [-0.1, -0.05) is 0 Å². The molecule has 0 spiro atoms. The number of Topliss-reactive ketones (excluding diaryl/α,β-unsaturated/α-hetero) is 1. The van der Waals surface area contributed by atoms with Crippen LogP contribution in [0, 0.1) is 15.9 Å². The molecule has 1 aliphatic heterocycles. The Hall–Kier alpha value is -4.02. The zero-order valence-corrected chi connectivity index (χ0v) is 17.1. The van der Waals surface area contributed by atoms with E-state index in [-0.39, 0.29) is 29.5 Å². The fraction of sp³-hybridized carbons (Fsp3) is 0.286. The van der Waals surface area contributed by atoms with Crippen LogP contribution in [0.1, 0.15) is 17.3 Å². The van der Waals surface area contributed by atoms with Crippen molar-refractivity contribution in [2.45, 2.75) is 13.5 Å². The number of ketones is 1. The average molecular weight is 442 g/mol. The molecule has 4 rings (SSSR count). The smallest absolute Gasteiger partial charge is 0.407 e. The molecule has 0 N–H and O–H groups in total. The van der Waals surface area contributed by atoms with Gasteiger partial charge in [-0.15, -0.1) is 0 Å². The average Bonchev–Trinajstić information content (AvgIpc) is 3.08. The highest BCUT2D eigenvalue weighted by molar-refractivity contribution is 5.94. The molecule has 0 unspecified atom stereocenters. The van der Waals surface area contributed by atoms with Crippen LogP contribution in [-0.2, 0) is 11.3 Å². The first-order chi connectivity index (χ1) is 15.2. The second kappa shape index (κ2) is 8.25. The van der Waals surface area contributed by atoms with Crippen LogP contribution in [0.5, 0.6) is 0 Å². The Morgan fingerprint density at radius 2 is 1.84 bits per heavy atom. The lowest BCUT2D eigenvalue weighted by Gasteiger charge is -2.36. The predicted molar refractivity (Wildman–Crippen MR) is 112 cm³/mol. The summed E-state index contributed by atoms with van der Waals surface area (Å²) in [4.78, 5) is 50.0. The normalized spacial score (nSPS) is 14.1. The highest BCUT2D eigenvalue weighted by Gasteiger charge is 2.25. The highest BCUT2D eigenvalue weighted by Crippen LogP contribution is 2.23. The fourth-order valence-corrected chi connectivity index (χ4v) is 3.73. The number of rotatable bonds is 5. The van der Waals surface area contributed by atoms with Crippen LogP contribution < -0.4 is 10.7 Å². The van der Waals surface area contributed by atoms with Crippen LogP contribution in [0.3, 0.4) is 0 Å².